The van der Waals surface area contributed by atoms with E-state index in [1.807, 2.05) is 0 Å². The number of allylic oxidation sites excluding steroid dienone is 2. The van der Waals surface area contributed by atoms with Crippen molar-refractivity contribution in [3.05, 3.63) is 23.0 Å². The molecule has 0 amide bonds. The van der Waals surface area contributed by atoms with Gasteiger partial charge in [0.2, 0.25) is 0 Å². The van der Waals surface area contributed by atoms with Crippen LogP contribution in [0.3, 0.4) is 0 Å². The summed E-state index contributed by atoms with van der Waals surface area (Å²) < 4.78 is 61.3. The molecule has 0 aromatic carbocycles. The van der Waals surface area contributed by atoms with Crippen LogP contribution in [0.5, 0.6) is 0 Å². The molecule has 0 aliphatic carbocycles. The van der Waals surface area contributed by atoms with Gasteiger partial charge in [0, 0.05) is 10.8 Å². The van der Waals surface area contributed by atoms with Crippen LogP contribution in [0.15, 0.2) is 23.0 Å². The molecule has 0 bridgehead atoms. The first-order valence-corrected chi connectivity index (χ1v) is 15.3. The van der Waals surface area contributed by atoms with Gasteiger partial charge in [0.1, 0.15) is 20.2 Å². The van der Waals surface area contributed by atoms with Crippen LogP contribution in [0.4, 0.5) is 0 Å². The summed E-state index contributed by atoms with van der Waals surface area (Å²) >= 11 is 0. The van der Waals surface area contributed by atoms with Crippen molar-refractivity contribution in [1.82, 2.24) is 0 Å². The number of rotatable bonds is 20. The van der Waals surface area contributed by atoms with Crippen LogP contribution in [0.1, 0.15) is 129 Å². The van der Waals surface area contributed by atoms with Gasteiger partial charge in [-0.2, -0.15) is 0 Å². The summed E-state index contributed by atoms with van der Waals surface area (Å²) in [6.45, 7) is 4.41. The first-order chi connectivity index (χ1) is 15.1. The molecule has 0 aromatic rings. The minimum Gasteiger partial charge on any atom is -0.744 e. The third-order valence-electron chi connectivity index (χ3n) is 4.97. The molecular weight excluding hydrogens is 473 g/mol. The summed E-state index contributed by atoms with van der Waals surface area (Å²) in [5, 5.41) is 1.52. The Bertz CT molecular complexity index is 600. The van der Waals surface area contributed by atoms with Crippen LogP contribution >= 0.6 is 0 Å². The maximum Gasteiger partial charge on any atom is 2.00 e. The van der Waals surface area contributed by atoms with Gasteiger partial charge in [0.25, 0.3) is 0 Å². The van der Waals surface area contributed by atoms with Crippen LogP contribution in [0.25, 0.3) is 0 Å². The molecule has 0 saturated heterocycles. The van der Waals surface area contributed by atoms with Gasteiger partial charge in [0.15, 0.2) is 0 Å². The van der Waals surface area contributed by atoms with Crippen molar-refractivity contribution in [2.75, 3.05) is 0 Å². The SMILES string of the molecule is CCCCCCCCCCC=CS(=O)(=O)[O-].CCCCCCCCCCC=CS(=O)(=O)[O-].[Mg+2]. The molecule has 192 valence electrons. The molecule has 0 fully saturated rings. The molecule has 0 saturated carbocycles. The minimum atomic E-state index is -4.16. The van der Waals surface area contributed by atoms with Gasteiger partial charge in [-0.15, -0.1) is 0 Å². The molecule has 6 nitrogen and oxygen atoms in total. The third-order valence-corrected chi connectivity index (χ3v) is 6.03. The van der Waals surface area contributed by atoms with Crippen molar-refractivity contribution < 1.29 is 25.9 Å². The van der Waals surface area contributed by atoms with Gasteiger partial charge in [0.05, 0.1) is 0 Å². The van der Waals surface area contributed by atoms with Crippen molar-refractivity contribution >= 4 is 43.3 Å². The maximum atomic E-state index is 10.2. The molecule has 0 unspecified atom stereocenters. The average molecular weight is 519 g/mol. The number of unbranched alkanes of at least 4 members (excludes halogenated alkanes) is 16. The van der Waals surface area contributed by atoms with E-state index in [1.54, 1.807) is 0 Å². The summed E-state index contributed by atoms with van der Waals surface area (Å²) in [6.07, 6.45) is 23.9. The van der Waals surface area contributed by atoms with Crippen molar-refractivity contribution in [2.24, 2.45) is 0 Å². The predicted molar refractivity (Wildman–Crippen MR) is 138 cm³/mol. The first-order valence-electron chi connectivity index (χ1n) is 12.4. The largest absolute Gasteiger partial charge is 2.00 e. The fraction of sp³-hybridized carbons (Fsp3) is 0.833. The summed E-state index contributed by atoms with van der Waals surface area (Å²) in [4.78, 5) is 0. The van der Waals surface area contributed by atoms with Crippen LogP contribution in [-0.2, 0) is 20.2 Å². The van der Waals surface area contributed by atoms with Gasteiger partial charge < -0.3 is 9.11 Å². The smallest absolute Gasteiger partial charge is 0.744 e. The Morgan fingerprint density at radius 3 is 0.970 bits per heavy atom. The zero-order valence-electron chi connectivity index (χ0n) is 21.0. The topological polar surface area (TPSA) is 114 Å². The van der Waals surface area contributed by atoms with E-state index in [9.17, 15) is 25.9 Å². The Labute approximate surface area is 220 Å². The average Bonchev–Trinajstić information content (AvgIpc) is 2.70. The second-order valence-electron chi connectivity index (χ2n) is 8.26. The van der Waals surface area contributed by atoms with Crippen LogP contribution < -0.4 is 0 Å². The molecule has 0 aliphatic rings. The van der Waals surface area contributed by atoms with E-state index >= 15 is 0 Å². The molecule has 0 radical (unpaired) electrons. The fourth-order valence-corrected chi connectivity index (χ4v) is 3.91. The van der Waals surface area contributed by atoms with Gasteiger partial charge in [-0.3, -0.25) is 0 Å². The van der Waals surface area contributed by atoms with E-state index < -0.39 is 20.2 Å². The molecule has 9 heteroatoms. The standard InChI is InChI=1S/2C12H24O3S.Mg/c2*1-2-3-4-5-6-7-8-9-10-11-12-16(13,14)15;/h2*11-12H,2-10H2,1H3,(H,13,14,15);/q;;+2/p-2. The van der Waals surface area contributed by atoms with Crippen LogP contribution in [0.2, 0.25) is 0 Å². The van der Waals surface area contributed by atoms with E-state index in [0.717, 1.165) is 36.5 Å². The van der Waals surface area contributed by atoms with Crippen LogP contribution in [-0.4, -0.2) is 49.0 Å². The Balaban J connectivity index is -0.000000529. The summed E-state index contributed by atoms with van der Waals surface area (Å²) in [7, 11) is -8.32. The molecule has 0 aliphatic heterocycles. The monoisotopic (exact) mass is 518 g/mol. The second kappa shape index (κ2) is 26.7. The van der Waals surface area contributed by atoms with E-state index in [1.165, 1.54) is 89.2 Å². The Morgan fingerprint density at radius 2 is 0.727 bits per heavy atom. The van der Waals surface area contributed by atoms with Gasteiger partial charge in [-0.25, -0.2) is 16.8 Å². The van der Waals surface area contributed by atoms with Crippen molar-refractivity contribution in [1.29, 1.82) is 0 Å². The van der Waals surface area contributed by atoms with Crippen molar-refractivity contribution in [3.63, 3.8) is 0 Å². The molecule has 0 rings (SSSR count). The van der Waals surface area contributed by atoms with E-state index in [-0.39, 0.29) is 23.1 Å². The summed E-state index contributed by atoms with van der Waals surface area (Å²) in [5.74, 6) is 0. The molecule has 0 spiro atoms. The second-order valence-corrected chi connectivity index (χ2v) is 10.8. The van der Waals surface area contributed by atoms with Crippen molar-refractivity contribution in [3.8, 4) is 0 Å². The van der Waals surface area contributed by atoms with Gasteiger partial charge in [-0.05, 0) is 25.7 Å². The summed E-state index contributed by atoms with van der Waals surface area (Å²) in [5.41, 5.74) is 0. The predicted octanol–water partition coefficient (Wildman–Crippen LogP) is 6.77. The molecule has 33 heavy (non-hydrogen) atoms. The Morgan fingerprint density at radius 1 is 0.485 bits per heavy atom. The third kappa shape index (κ3) is 42.7. The Kier molecular flexibility index (Phi) is 30.4. The maximum absolute atomic E-state index is 10.2. The first kappa shape index (κ1) is 37.6. The molecule has 0 aromatic heterocycles. The summed E-state index contributed by atoms with van der Waals surface area (Å²) in [6, 6.07) is 0. The molecular formula is C24H46MgO6S2. The Hall–Kier alpha value is 0.0662. The quantitative estimate of drug-likeness (QED) is 0.0997. The fourth-order valence-electron chi connectivity index (χ4n) is 3.16. The van der Waals surface area contributed by atoms with Gasteiger partial charge in [-0.1, -0.05) is 116 Å². The zero-order chi connectivity index (χ0) is 24.6. The minimum absolute atomic E-state index is 0. The molecule has 0 heterocycles. The van der Waals surface area contributed by atoms with Gasteiger partial charge >= 0.3 is 23.1 Å². The van der Waals surface area contributed by atoms with Crippen molar-refractivity contribution in [2.45, 2.75) is 129 Å². The number of hydrogen-bond acceptors (Lipinski definition) is 6. The van der Waals surface area contributed by atoms with E-state index in [0.29, 0.717) is 12.8 Å². The van der Waals surface area contributed by atoms with E-state index in [2.05, 4.69) is 13.8 Å². The normalized spacial score (nSPS) is 12.0. The molecule has 0 atom stereocenters. The van der Waals surface area contributed by atoms with E-state index in [4.69, 9.17) is 0 Å². The van der Waals surface area contributed by atoms with Crippen LogP contribution in [0, 0.1) is 0 Å². The zero-order valence-corrected chi connectivity index (χ0v) is 24.1. The number of hydrogen-bond donors (Lipinski definition) is 0. The molecule has 0 N–H and O–H groups in total.